The molecular weight excluding hydrogens is 258 g/mol. The van der Waals surface area contributed by atoms with Gasteiger partial charge in [-0.2, -0.15) is 0 Å². The molecule has 0 aromatic heterocycles. The topological polar surface area (TPSA) is 86.6 Å². The lowest BCUT2D eigenvalue weighted by atomic mass is 10.1. The van der Waals surface area contributed by atoms with Gasteiger partial charge in [0.25, 0.3) is 5.91 Å². The Labute approximate surface area is 109 Å². The van der Waals surface area contributed by atoms with Crippen LogP contribution in [0.4, 0.5) is 0 Å². The van der Waals surface area contributed by atoms with Gasteiger partial charge in [-0.25, -0.2) is 0 Å². The fourth-order valence-electron chi connectivity index (χ4n) is 1.43. The van der Waals surface area contributed by atoms with Crippen molar-refractivity contribution in [2.24, 2.45) is 0 Å². The number of rotatable bonds is 5. The first-order valence-corrected chi connectivity index (χ1v) is 5.83. The summed E-state index contributed by atoms with van der Waals surface area (Å²) in [7, 11) is 0. The Balaban J connectivity index is 2.74. The Hall–Kier alpha value is -1.75. The van der Waals surface area contributed by atoms with Crippen LogP contribution in [0.1, 0.15) is 30.1 Å². The molecule has 1 rings (SSSR count). The molecule has 1 unspecified atom stereocenters. The number of aliphatic carboxylic acids is 1. The standard InChI is InChI=1S/C12H14ClNO4/c1-2-8(6-11(16)17)14-12(18)7-3-4-10(15)9(13)5-7/h3-5,8,15H,2,6H2,1H3,(H,14,18)(H,16,17). The number of nitrogens with one attached hydrogen (secondary N) is 1. The number of carbonyl (C=O) groups excluding carboxylic acids is 1. The summed E-state index contributed by atoms with van der Waals surface area (Å²) < 4.78 is 0. The van der Waals surface area contributed by atoms with Crippen molar-refractivity contribution in [1.82, 2.24) is 5.32 Å². The van der Waals surface area contributed by atoms with Crippen LogP contribution in [0.25, 0.3) is 0 Å². The number of carboxylic acids is 1. The number of amides is 1. The van der Waals surface area contributed by atoms with Crippen LogP contribution >= 0.6 is 11.6 Å². The van der Waals surface area contributed by atoms with E-state index >= 15 is 0 Å². The summed E-state index contributed by atoms with van der Waals surface area (Å²) in [6, 6.07) is 3.64. The summed E-state index contributed by atoms with van der Waals surface area (Å²) in [5.41, 5.74) is 0.279. The Kier molecular flexibility index (Phi) is 4.97. The van der Waals surface area contributed by atoms with Crippen LogP contribution in [-0.2, 0) is 4.79 Å². The maximum absolute atomic E-state index is 11.8. The molecule has 0 aliphatic heterocycles. The van der Waals surface area contributed by atoms with E-state index in [-0.39, 0.29) is 22.8 Å². The van der Waals surface area contributed by atoms with Gasteiger partial charge in [-0.15, -0.1) is 0 Å². The largest absolute Gasteiger partial charge is 0.506 e. The minimum atomic E-state index is -0.967. The fourth-order valence-corrected chi connectivity index (χ4v) is 1.61. The Morgan fingerprint density at radius 2 is 2.11 bits per heavy atom. The van der Waals surface area contributed by atoms with E-state index in [1.54, 1.807) is 6.92 Å². The minimum Gasteiger partial charge on any atom is -0.506 e. The summed E-state index contributed by atoms with van der Waals surface area (Å²) in [6.07, 6.45) is 0.387. The van der Waals surface area contributed by atoms with Gasteiger partial charge in [0.1, 0.15) is 5.75 Å². The lowest BCUT2D eigenvalue weighted by Gasteiger charge is -2.14. The molecule has 98 valence electrons. The average molecular weight is 272 g/mol. The molecule has 0 bridgehead atoms. The zero-order valence-electron chi connectivity index (χ0n) is 9.81. The smallest absolute Gasteiger partial charge is 0.305 e. The second-order valence-electron chi connectivity index (χ2n) is 3.84. The summed E-state index contributed by atoms with van der Waals surface area (Å²) in [5.74, 6) is -1.48. The number of phenols is 1. The van der Waals surface area contributed by atoms with Crippen LogP contribution in [0, 0.1) is 0 Å². The molecule has 1 aromatic rings. The Morgan fingerprint density at radius 3 is 2.61 bits per heavy atom. The molecule has 1 atom stereocenters. The maximum atomic E-state index is 11.8. The number of carboxylic acid groups (broad SMARTS) is 1. The molecule has 0 fully saturated rings. The highest BCUT2D eigenvalue weighted by atomic mass is 35.5. The van der Waals surface area contributed by atoms with E-state index in [0.717, 1.165) is 0 Å². The number of carbonyl (C=O) groups is 2. The van der Waals surface area contributed by atoms with Crippen molar-refractivity contribution >= 4 is 23.5 Å². The highest BCUT2D eigenvalue weighted by Crippen LogP contribution is 2.23. The van der Waals surface area contributed by atoms with Gasteiger partial charge in [0.2, 0.25) is 0 Å². The monoisotopic (exact) mass is 271 g/mol. The molecule has 0 aliphatic rings. The third-order valence-corrected chi connectivity index (χ3v) is 2.76. The van der Waals surface area contributed by atoms with Crippen molar-refractivity contribution in [2.75, 3.05) is 0 Å². The van der Waals surface area contributed by atoms with Crippen LogP contribution in [-0.4, -0.2) is 28.1 Å². The normalized spacial score (nSPS) is 11.9. The van der Waals surface area contributed by atoms with Crippen LogP contribution in [0.2, 0.25) is 5.02 Å². The van der Waals surface area contributed by atoms with Gasteiger partial charge in [0, 0.05) is 11.6 Å². The SMILES string of the molecule is CCC(CC(=O)O)NC(=O)c1ccc(O)c(Cl)c1. The average Bonchev–Trinajstić information content (AvgIpc) is 2.31. The Morgan fingerprint density at radius 1 is 1.44 bits per heavy atom. The number of aromatic hydroxyl groups is 1. The number of benzene rings is 1. The zero-order valence-corrected chi connectivity index (χ0v) is 10.6. The van der Waals surface area contributed by atoms with Gasteiger partial charge in [-0.1, -0.05) is 18.5 Å². The first-order chi connectivity index (χ1) is 8.43. The lowest BCUT2D eigenvalue weighted by Crippen LogP contribution is -2.36. The quantitative estimate of drug-likeness (QED) is 0.765. The fraction of sp³-hybridized carbons (Fsp3) is 0.333. The second kappa shape index (κ2) is 6.26. The molecule has 1 aromatic carbocycles. The number of halogens is 1. The molecule has 1 amide bonds. The van der Waals surface area contributed by atoms with E-state index in [9.17, 15) is 14.7 Å². The summed E-state index contributed by atoms with van der Waals surface area (Å²) in [5, 5.41) is 20.6. The van der Waals surface area contributed by atoms with Gasteiger partial charge in [-0.3, -0.25) is 9.59 Å². The van der Waals surface area contributed by atoms with E-state index in [0.29, 0.717) is 6.42 Å². The zero-order chi connectivity index (χ0) is 13.7. The highest BCUT2D eigenvalue weighted by molar-refractivity contribution is 6.32. The van der Waals surface area contributed by atoms with E-state index in [2.05, 4.69) is 5.32 Å². The lowest BCUT2D eigenvalue weighted by molar-refractivity contribution is -0.137. The van der Waals surface area contributed by atoms with Gasteiger partial charge in [-0.05, 0) is 24.6 Å². The molecule has 0 heterocycles. The molecule has 3 N–H and O–H groups in total. The van der Waals surface area contributed by atoms with Crippen molar-refractivity contribution in [3.05, 3.63) is 28.8 Å². The molecule has 0 saturated heterocycles. The molecule has 0 spiro atoms. The molecule has 0 radical (unpaired) electrons. The number of hydrogen-bond donors (Lipinski definition) is 3. The first kappa shape index (κ1) is 14.3. The van der Waals surface area contributed by atoms with Crippen molar-refractivity contribution in [3.8, 4) is 5.75 Å². The predicted molar refractivity (Wildman–Crippen MR) is 66.9 cm³/mol. The third kappa shape index (κ3) is 3.92. The van der Waals surface area contributed by atoms with Crippen LogP contribution in [0.15, 0.2) is 18.2 Å². The molecule has 18 heavy (non-hydrogen) atoms. The van der Waals surface area contributed by atoms with Crippen LogP contribution in [0.5, 0.6) is 5.75 Å². The molecule has 5 nitrogen and oxygen atoms in total. The maximum Gasteiger partial charge on any atom is 0.305 e. The molecule has 0 saturated carbocycles. The third-order valence-electron chi connectivity index (χ3n) is 2.46. The van der Waals surface area contributed by atoms with Crippen molar-refractivity contribution in [3.63, 3.8) is 0 Å². The van der Waals surface area contributed by atoms with Crippen LogP contribution < -0.4 is 5.32 Å². The number of phenolic OH excluding ortho intramolecular Hbond substituents is 1. The van der Waals surface area contributed by atoms with E-state index in [1.807, 2.05) is 0 Å². The van der Waals surface area contributed by atoms with Gasteiger partial charge in [0.15, 0.2) is 0 Å². The molecule has 6 heteroatoms. The first-order valence-electron chi connectivity index (χ1n) is 5.45. The number of hydrogen-bond acceptors (Lipinski definition) is 3. The molecule has 0 aliphatic carbocycles. The minimum absolute atomic E-state index is 0.0777. The van der Waals surface area contributed by atoms with Crippen molar-refractivity contribution in [2.45, 2.75) is 25.8 Å². The summed E-state index contributed by atoms with van der Waals surface area (Å²) in [6.45, 7) is 1.79. The van der Waals surface area contributed by atoms with Crippen molar-refractivity contribution < 1.29 is 19.8 Å². The van der Waals surface area contributed by atoms with E-state index in [4.69, 9.17) is 16.7 Å². The molecular formula is C12H14ClNO4. The second-order valence-corrected chi connectivity index (χ2v) is 4.25. The van der Waals surface area contributed by atoms with E-state index in [1.165, 1.54) is 18.2 Å². The summed E-state index contributed by atoms with van der Waals surface area (Å²) in [4.78, 5) is 22.4. The van der Waals surface area contributed by atoms with Gasteiger partial charge < -0.3 is 15.5 Å². The summed E-state index contributed by atoms with van der Waals surface area (Å²) >= 11 is 5.69. The van der Waals surface area contributed by atoms with Gasteiger partial charge in [0.05, 0.1) is 11.4 Å². The van der Waals surface area contributed by atoms with Crippen LogP contribution in [0.3, 0.4) is 0 Å². The van der Waals surface area contributed by atoms with Crippen molar-refractivity contribution in [1.29, 1.82) is 0 Å². The predicted octanol–water partition coefficient (Wildman–Crippen LogP) is 2.03. The van der Waals surface area contributed by atoms with E-state index < -0.39 is 17.9 Å². The van der Waals surface area contributed by atoms with Gasteiger partial charge >= 0.3 is 5.97 Å². The highest BCUT2D eigenvalue weighted by Gasteiger charge is 2.15. The Bertz CT molecular complexity index is 461.